The molecule has 0 saturated carbocycles. The third-order valence-electron chi connectivity index (χ3n) is 2.50. The minimum absolute atomic E-state index is 0.278. The maximum Gasteiger partial charge on any atom is 0.224 e. The smallest absolute Gasteiger partial charge is 0.224 e. The Balaban J connectivity index is 2.09. The molecule has 16 heavy (non-hydrogen) atoms. The van der Waals surface area contributed by atoms with Gasteiger partial charge in [0.1, 0.15) is 4.70 Å². The summed E-state index contributed by atoms with van der Waals surface area (Å²) in [6.07, 6.45) is 0. The van der Waals surface area contributed by atoms with E-state index < -0.39 is 0 Å². The average molecular weight is 237 g/mol. The van der Waals surface area contributed by atoms with Gasteiger partial charge in [-0.1, -0.05) is 0 Å². The molecule has 0 spiro atoms. The van der Waals surface area contributed by atoms with Gasteiger partial charge in [0.05, 0.1) is 18.7 Å². The minimum atomic E-state index is 0.278. The number of ether oxygens (including phenoxy) is 1. The molecule has 0 aliphatic carbocycles. The Morgan fingerprint density at radius 2 is 2.12 bits per heavy atom. The van der Waals surface area contributed by atoms with Crippen molar-refractivity contribution in [2.75, 3.05) is 36.9 Å². The van der Waals surface area contributed by atoms with Crippen LogP contribution in [0.25, 0.3) is 10.3 Å². The molecule has 2 N–H and O–H groups in total. The zero-order valence-corrected chi connectivity index (χ0v) is 9.40. The van der Waals surface area contributed by atoms with Gasteiger partial charge in [-0.15, -0.1) is 11.3 Å². The van der Waals surface area contributed by atoms with Crippen molar-refractivity contribution >= 4 is 33.5 Å². The van der Waals surface area contributed by atoms with E-state index in [1.54, 1.807) is 16.8 Å². The van der Waals surface area contributed by atoms with Crippen LogP contribution < -0.4 is 10.6 Å². The predicted molar refractivity (Wildman–Crippen MR) is 62.7 cm³/mol. The molecule has 0 aromatic carbocycles. The zero-order chi connectivity index (χ0) is 11.0. The molecule has 1 fully saturated rings. The molecule has 2 aromatic heterocycles. The Morgan fingerprint density at radius 3 is 2.94 bits per heavy atom. The third-order valence-corrected chi connectivity index (χ3v) is 3.31. The summed E-state index contributed by atoms with van der Waals surface area (Å²) in [6, 6.07) is 0. The van der Waals surface area contributed by atoms with Gasteiger partial charge in [-0.2, -0.15) is 9.97 Å². The Morgan fingerprint density at radius 1 is 1.31 bits per heavy atom. The lowest BCUT2D eigenvalue weighted by molar-refractivity contribution is 0.122. The third kappa shape index (κ3) is 1.57. The Labute approximate surface area is 96.1 Å². The van der Waals surface area contributed by atoms with Crippen LogP contribution in [0, 0.1) is 0 Å². The fourth-order valence-electron chi connectivity index (χ4n) is 1.75. The molecule has 0 unspecified atom stereocenters. The lowest BCUT2D eigenvalue weighted by atomic mass is 10.4. The highest BCUT2D eigenvalue weighted by molar-refractivity contribution is 7.17. The van der Waals surface area contributed by atoms with Crippen molar-refractivity contribution < 1.29 is 4.74 Å². The summed E-state index contributed by atoms with van der Waals surface area (Å²) < 4.78 is 6.31. The van der Waals surface area contributed by atoms with Crippen molar-refractivity contribution in [3.05, 3.63) is 5.51 Å². The van der Waals surface area contributed by atoms with Gasteiger partial charge in [0, 0.05) is 13.1 Å². The topological polar surface area (TPSA) is 77.2 Å². The van der Waals surface area contributed by atoms with Crippen molar-refractivity contribution in [1.29, 1.82) is 0 Å². The van der Waals surface area contributed by atoms with E-state index in [4.69, 9.17) is 10.5 Å². The average Bonchev–Trinajstić information content (AvgIpc) is 2.77. The lowest BCUT2D eigenvalue weighted by Gasteiger charge is -2.27. The molecule has 3 heterocycles. The first-order valence-electron chi connectivity index (χ1n) is 5.04. The number of hydrogen-bond donors (Lipinski definition) is 1. The van der Waals surface area contributed by atoms with Gasteiger partial charge in [0.15, 0.2) is 11.5 Å². The minimum Gasteiger partial charge on any atom is -0.378 e. The molecule has 7 heteroatoms. The van der Waals surface area contributed by atoms with Crippen LogP contribution in [0.5, 0.6) is 0 Å². The number of aromatic nitrogens is 3. The molecule has 0 amide bonds. The second kappa shape index (κ2) is 3.84. The second-order valence-electron chi connectivity index (χ2n) is 3.51. The molecule has 1 aliphatic rings. The molecule has 1 aliphatic heterocycles. The van der Waals surface area contributed by atoms with Gasteiger partial charge in [-0.3, -0.25) is 0 Å². The summed E-state index contributed by atoms with van der Waals surface area (Å²) >= 11 is 1.54. The summed E-state index contributed by atoms with van der Waals surface area (Å²) in [6.45, 7) is 3.13. The first-order valence-corrected chi connectivity index (χ1v) is 5.92. The van der Waals surface area contributed by atoms with E-state index in [0.717, 1.165) is 36.8 Å². The van der Waals surface area contributed by atoms with Crippen LogP contribution in [0.4, 0.5) is 11.8 Å². The van der Waals surface area contributed by atoms with Crippen molar-refractivity contribution in [3.63, 3.8) is 0 Å². The molecule has 6 nitrogen and oxygen atoms in total. The molecule has 3 rings (SSSR count). The standard InChI is InChI=1S/C9H11N5OS/c10-9-12-7-6(16-5-11-7)8(13-9)14-1-3-15-4-2-14/h5H,1-4H2,(H2,10,12,13). The molecule has 2 aromatic rings. The first-order chi connectivity index (χ1) is 7.84. The second-order valence-corrected chi connectivity index (χ2v) is 4.36. The zero-order valence-electron chi connectivity index (χ0n) is 8.59. The molecule has 0 atom stereocenters. The normalized spacial score (nSPS) is 16.9. The van der Waals surface area contributed by atoms with Crippen LogP contribution in [0.1, 0.15) is 0 Å². The number of thiazole rings is 1. The maximum atomic E-state index is 5.68. The van der Waals surface area contributed by atoms with Gasteiger partial charge >= 0.3 is 0 Å². The van der Waals surface area contributed by atoms with Crippen LogP contribution in [0.2, 0.25) is 0 Å². The van der Waals surface area contributed by atoms with Crippen LogP contribution in [-0.2, 0) is 4.74 Å². The highest BCUT2D eigenvalue weighted by Gasteiger charge is 2.17. The van der Waals surface area contributed by atoms with Crippen molar-refractivity contribution in [3.8, 4) is 0 Å². The number of hydrogen-bond acceptors (Lipinski definition) is 7. The predicted octanol–water partition coefficient (Wildman–Crippen LogP) is 0.505. The summed E-state index contributed by atoms with van der Waals surface area (Å²) in [5.41, 5.74) is 8.12. The van der Waals surface area contributed by atoms with E-state index in [0.29, 0.717) is 5.65 Å². The number of nitrogen functional groups attached to an aromatic ring is 1. The van der Waals surface area contributed by atoms with Gasteiger partial charge in [-0.05, 0) is 0 Å². The summed E-state index contributed by atoms with van der Waals surface area (Å²) in [5, 5.41) is 0. The van der Waals surface area contributed by atoms with Crippen molar-refractivity contribution in [2.24, 2.45) is 0 Å². The van der Waals surface area contributed by atoms with Crippen LogP contribution >= 0.6 is 11.3 Å². The largest absolute Gasteiger partial charge is 0.378 e. The molecule has 1 saturated heterocycles. The van der Waals surface area contributed by atoms with Crippen LogP contribution in [-0.4, -0.2) is 41.3 Å². The number of anilines is 2. The molecule has 0 radical (unpaired) electrons. The Bertz CT molecular complexity index is 508. The van der Waals surface area contributed by atoms with E-state index in [1.807, 2.05) is 0 Å². The van der Waals surface area contributed by atoms with E-state index in [-0.39, 0.29) is 5.95 Å². The van der Waals surface area contributed by atoms with Crippen molar-refractivity contribution in [1.82, 2.24) is 15.0 Å². The quantitative estimate of drug-likeness (QED) is 0.778. The number of fused-ring (bicyclic) bond motifs is 1. The van der Waals surface area contributed by atoms with Gasteiger partial charge in [-0.25, -0.2) is 4.98 Å². The van der Waals surface area contributed by atoms with Gasteiger partial charge < -0.3 is 15.4 Å². The molecule has 0 bridgehead atoms. The van der Waals surface area contributed by atoms with Crippen molar-refractivity contribution in [2.45, 2.75) is 0 Å². The monoisotopic (exact) mass is 237 g/mol. The van der Waals surface area contributed by atoms with Crippen LogP contribution in [0.3, 0.4) is 0 Å². The highest BCUT2D eigenvalue weighted by atomic mass is 32.1. The molecular weight excluding hydrogens is 226 g/mol. The van der Waals surface area contributed by atoms with E-state index in [9.17, 15) is 0 Å². The van der Waals surface area contributed by atoms with Crippen LogP contribution in [0.15, 0.2) is 5.51 Å². The fourth-order valence-corrected chi connectivity index (χ4v) is 2.50. The number of rotatable bonds is 1. The number of nitrogens with two attached hydrogens (primary N) is 1. The summed E-state index contributed by atoms with van der Waals surface area (Å²) in [4.78, 5) is 14.7. The van der Waals surface area contributed by atoms with Gasteiger partial charge in [0.2, 0.25) is 5.95 Å². The Hall–Kier alpha value is -1.47. The number of nitrogens with zero attached hydrogens (tertiary/aromatic N) is 4. The SMILES string of the molecule is Nc1nc(N2CCOCC2)c2scnc2n1. The van der Waals surface area contributed by atoms with E-state index >= 15 is 0 Å². The first kappa shape index (κ1) is 9.73. The van der Waals surface area contributed by atoms with E-state index in [2.05, 4.69) is 19.9 Å². The fraction of sp³-hybridized carbons (Fsp3) is 0.444. The molecule has 84 valence electrons. The maximum absolute atomic E-state index is 5.68. The lowest BCUT2D eigenvalue weighted by Crippen LogP contribution is -2.37. The van der Waals surface area contributed by atoms with E-state index in [1.165, 1.54) is 0 Å². The Kier molecular flexibility index (Phi) is 2.33. The number of morpholine rings is 1. The summed E-state index contributed by atoms with van der Waals surface area (Å²) in [7, 11) is 0. The molecular formula is C9H11N5OS. The van der Waals surface area contributed by atoms with Gasteiger partial charge in [0.25, 0.3) is 0 Å². The summed E-state index contributed by atoms with van der Waals surface area (Å²) in [5.74, 6) is 1.16. The highest BCUT2D eigenvalue weighted by Crippen LogP contribution is 2.27.